The Morgan fingerprint density at radius 2 is 1.29 bits per heavy atom. The maximum Gasteiger partial charge on any atom is 0.333 e. The van der Waals surface area contributed by atoms with Crippen LogP contribution in [0.2, 0.25) is 0 Å². The molecule has 0 bridgehead atoms. The van der Waals surface area contributed by atoms with Crippen LogP contribution in [0, 0.1) is 0 Å². The van der Waals surface area contributed by atoms with E-state index in [0.29, 0.717) is 0 Å². The van der Waals surface area contributed by atoms with Crippen LogP contribution in [0.15, 0.2) is 103 Å². The average Bonchev–Trinajstić information content (AvgIpc) is 3.00. The number of fused-ring (bicyclic) bond motifs is 5. The summed E-state index contributed by atoms with van der Waals surface area (Å²) in [5.74, 6) is -1.20. The number of benzene rings is 5. The fourth-order valence-electron chi connectivity index (χ4n) is 6.45. The van der Waals surface area contributed by atoms with Gasteiger partial charge >= 0.3 is 6.03 Å². The highest BCUT2D eigenvalue weighted by Crippen LogP contribution is 2.54. The highest BCUT2D eigenvalue weighted by Gasteiger charge is 2.39. The lowest BCUT2D eigenvalue weighted by Crippen LogP contribution is -2.52. The topological polar surface area (TPSA) is 60.9 Å². The van der Waals surface area contributed by atoms with Crippen LogP contribution in [0.3, 0.4) is 0 Å². The third-order valence-electron chi connectivity index (χ3n) is 8.64. The van der Waals surface area contributed by atoms with Gasteiger partial charge in [-0.15, -0.1) is 0 Å². The van der Waals surface area contributed by atoms with Crippen molar-refractivity contribution in [3.8, 4) is 0 Å². The third-order valence-corrected chi connectivity index (χ3v) is 8.64. The van der Waals surface area contributed by atoms with Crippen LogP contribution in [0.4, 0.5) is 21.9 Å². The summed E-state index contributed by atoms with van der Waals surface area (Å²) in [6.07, 6.45) is 1.58. The summed E-state index contributed by atoms with van der Waals surface area (Å²) in [5.41, 5.74) is 6.18. The number of urea groups is 1. The number of imide groups is 2. The molecule has 0 radical (unpaired) electrons. The number of barbiturate groups is 1. The zero-order valence-electron chi connectivity index (χ0n) is 23.9. The van der Waals surface area contributed by atoms with Crippen molar-refractivity contribution in [1.82, 2.24) is 9.80 Å². The molecule has 42 heavy (non-hydrogen) atoms. The summed E-state index contributed by atoms with van der Waals surface area (Å²) in [6, 6.07) is 33.1. The summed E-state index contributed by atoms with van der Waals surface area (Å²) in [5, 5.41) is 4.50. The van der Waals surface area contributed by atoms with Gasteiger partial charge in [0.05, 0.1) is 11.4 Å². The molecule has 0 spiro atoms. The lowest BCUT2D eigenvalue weighted by atomic mass is 9.71. The number of carbonyl (C=O) groups is 3. The van der Waals surface area contributed by atoms with Crippen LogP contribution in [0.1, 0.15) is 30.5 Å². The molecule has 1 saturated heterocycles. The second-order valence-corrected chi connectivity index (χ2v) is 11.5. The predicted molar refractivity (Wildman–Crippen MR) is 167 cm³/mol. The first-order valence-electron chi connectivity index (χ1n) is 13.9. The van der Waals surface area contributed by atoms with Crippen molar-refractivity contribution in [3.05, 3.63) is 119 Å². The minimum absolute atomic E-state index is 0.0340. The van der Waals surface area contributed by atoms with E-state index in [2.05, 4.69) is 97.6 Å². The van der Waals surface area contributed by atoms with Gasteiger partial charge in [0.2, 0.25) is 0 Å². The zero-order chi connectivity index (χ0) is 29.3. The summed E-state index contributed by atoms with van der Waals surface area (Å²) in [4.78, 5) is 42.1. The molecule has 0 atom stereocenters. The first kappa shape index (κ1) is 25.7. The lowest BCUT2D eigenvalue weighted by Gasteiger charge is -2.43. The molecule has 6 nitrogen and oxygen atoms in total. The highest BCUT2D eigenvalue weighted by atomic mass is 16.2. The zero-order valence-corrected chi connectivity index (χ0v) is 23.9. The Balaban J connectivity index is 1.44. The Morgan fingerprint density at radius 3 is 1.98 bits per heavy atom. The number of rotatable bonds is 2. The molecule has 5 aromatic rings. The molecule has 0 aliphatic carbocycles. The van der Waals surface area contributed by atoms with Gasteiger partial charge in [-0.1, -0.05) is 74.5 Å². The average molecular weight is 552 g/mol. The SMILES string of the molecule is CN1C(=O)C(=Cc2ccc3c4c(ccc3c2)N(c2ccccc2)c2cc3ccccc3cc2C4(C)C)C(=O)N(C)C1=O. The second-order valence-electron chi connectivity index (χ2n) is 11.5. The standard InChI is InChI=1S/C36H29N3O3/c1-36(2)29-20-23-10-8-9-11-24(23)21-31(29)39(26-12-6-5-7-13-26)30-17-15-25-18-22(14-16-27(25)32(30)36)19-28-33(40)37(3)35(42)38(4)34(28)41/h5-21H,1-4H3. The molecule has 5 aromatic carbocycles. The number of carbonyl (C=O) groups excluding carboxylic acids is 3. The molecular formula is C36H29N3O3. The van der Waals surface area contributed by atoms with Crippen LogP contribution in [0.5, 0.6) is 0 Å². The van der Waals surface area contributed by atoms with E-state index in [-0.39, 0.29) is 11.0 Å². The molecule has 206 valence electrons. The minimum Gasteiger partial charge on any atom is -0.310 e. The minimum atomic E-state index is -0.634. The molecule has 2 heterocycles. The quantitative estimate of drug-likeness (QED) is 0.168. The number of nitrogens with zero attached hydrogens (tertiary/aromatic N) is 3. The van der Waals surface area contributed by atoms with E-state index in [1.54, 1.807) is 6.08 Å². The molecule has 0 aromatic heterocycles. The summed E-state index contributed by atoms with van der Waals surface area (Å²) < 4.78 is 0. The predicted octanol–water partition coefficient (Wildman–Crippen LogP) is 7.54. The van der Waals surface area contributed by atoms with E-state index in [4.69, 9.17) is 0 Å². The van der Waals surface area contributed by atoms with Crippen molar-refractivity contribution < 1.29 is 14.4 Å². The monoisotopic (exact) mass is 551 g/mol. The Bertz CT molecular complexity index is 1980. The third kappa shape index (κ3) is 3.68. The molecule has 2 aliphatic rings. The molecule has 4 amide bonds. The molecule has 0 unspecified atom stereocenters. The van der Waals surface area contributed by atoms with Gasteiger partial charge in [0.1, 0.15) is 5.57 Å². The normalized spacial score (nSPS) is 16.2. The van der Waals surface area contributed by atoms with Crippen LogP contribution >= 0.6 is 0 Å². The molecule has 2 aliphatic heterocycles. The largest absolute Gasteiger partial charge is 0.333 e. The fourth-order valence-corrected chi connectivity index (χ4v) is 6.45. The van der Waals surface area contributed by atoms with Gasteiger partial charge in [-0.3, -0.25) is 19.4 Å². The number of hydrogen-bond donors (Lipinski definition) is 0. The van der Waals surface area contributed by atoms with E-state index < -0.39 is 17.8 Å². The van der Waals surface area contributed by atoms with Gasteiger partial charge in [0.25, 0.3) is 11.8 Å². The van der Waals surface area contributed by atoms with E-state index >= 15 is 0 Å². The van der Waals surface area contributed by atoms with Crippen molar-refractivity contribution in [2.24, 2.45) is 0 Å². The fraction of sp³-hybridized carbons (Fsp3) is 0.139. The second kappa shape index (κ2) is 9.14. The Hall–Kier alpha value is -5.23. The summed E-state index contributed by atoms with van der Waals surface area (Å²) in [7, 11) is 2.77. The molecular weight excluding hydrogens is 522 g/mol. The first-order valence-corrected chi connectivity index (χ1v) is 13.9. The summed E-state index contributed by atoms with van der Waals surface area (Å²) in [6.45, 7) is 4.55. The molecule has 1 fully saturated rings. The number of hydrogen-bond acceptors (Lipinski definition) is 4. The molecule has 0 saturated carbocycles. The van der Waals surface area contributed by atoms with E-state index in [0.717, 1.165) is 43.2 Å². The maximum atomic E-state index is 12.8. The van der Waals surface area contributed by atoms with Crippen LogP contribution < -0.4 is 4.90 Å². The van der Waals surface area contributed by atoms with Crippen molar-refractivity contribution in [2.75, 3.05) is 19.0 Å². The van der Waals surface area contributed by atoms with Crippen molar-refractivity contribution in [2.45, 2.75) is 19.3 Å². The maximum absolute atomic E-state index is 12.8. The number of amides is 4. The summed E-state index contributed by atoms with van der Waals surface area (Å²) >= 11 is 0. The molecule has 7 rings (SSSR count). The van der Waals surface area contributed by atoms with Crippen LogP contribution in [-0.4, -0.2) is 41.7 Å². The van der Waals surface area contributed by atoms with Gasteiger partial charge in [-0.2, -0.15) is 0 Å². The van der Waals surface area contributed by atoms with Gasteiger partial charge in [0.15, 0.2) is 0 Å². The van der Waals surface area contributed by atoms with Crippen LogP contribution in [0.25, 0.3) is 27.6 Å². The van der Waals surface area contributed by atoms with Gasteiger partial charge in [-0.05, 0) is 80.7 Å². The molecule has 6 heteroatoms. The number of likely N-dealkylation sites (N-methyl/N-ethyl adjacent to an activating group) is 2. The van der Waals surface area contributed by atoms with E-state index in [1.165, 1.54) is 36.0 Å². The van der Waals surface area contributed by atoms with E-state index in [1.807, 2.05) is 18.2 Å². The van der Waals surface area contributed by atoms with Crippen LogP contribution in [-0.2, 0) is 15.0 Å². The first-order chi connectivity index (χ1) is 20.2. The number of para-hydroxylation sites is 1. The smallest absolute Gasteiger partial charge is 0.310 e. The van der Waals surface area contributed by atoms with Crippen molar-refractivity contribution in [1.29, 1.82) is 0 Å². The van der Waals surface area contributed by atoms with E-state index in [9.17, 15) is 14.4 Å². The Labute approximate surface area is 244 Å². The van der Waals surface area contributed by atoms with Crippen molar-refractivity contribution >= 4 is 62.5 Å². The van der Waals surface area contributed by atoms with Crippen molar-refractivity contribution in [3.63, 3.8) is 0 Å². The highest BCUT2D eigenvalue weighted by molar-refractivity contribution is 6.30. The number of anilines is 3. The Morgan fingerprint density at radius 1 is 0.643 bits per heavy atom. The lowest BCUT2D eigenvalue weighted by molar-refractivity contribution is -0.134. The van der Waals surface area contributed by atoms with Gasteiger partial charge in [-0.25, -0.2) is 4.79 Å². The Kier molecular flexibility index (Phi) is 5.60. The molecule has 0 N–H and O–H groups in total. The van der Waals surface area contributed by atoms with Gasteiger partial charge in [0, 0.05) is 25.2 Å². The van der Waals surface area contributed by atoms with Gasteiger partial charge < -0.3 is 4.90 Å².